The van der Waals surface area contributed by atoms with Crippen molar-refractivity contribution in [2.75, 3.05) is 24.9 Å². The average Bonchev–Trinajstić information content (AvgIpc) is 3.12. The van der Waals surface area contributed by atoms with Crippen molar-refractivity contribution in [2.45, 2.75) is 49.5 Å². The zero-order valence-corrected chi connectivity index (χ0v) is 21.1. The number of nitrogen functional groups attached to an aromatic ring is 1. The highest BCUT2D eigenvalue weighted by atomic mass is 32.2. The summed E-state index contributed by atoms with van der Waals surface area (Å²) in [4.78, 5) is 23.3. The van der Waals surface area contributed by atoms with E-state index in [2.05, 4.69) is 28.8 Å². The van der Waals surface area contributed by atoms with Gasteiger partial charge in [-0.15, -0.1) is 0 Å². The van der Waals surface area contributed by atoms with E-state index in [-0.39, 0.29) is 12.5 Å². The van der Waals surface area contributed by atoms with E-state index in [1.54, 1.807) is 11.5 Å². The van der Waals surface area contributed by atoms with Crippen LogP contribution in [-0.2, 0) is 15.8 Å². The zero-order valence-electron chi connectivity index (χ0n) is 19.4. The lowest BCUT2D eigenvalue weighted by Gasteiger charge is -2.18. The molecule has 0 aliphatic rings. The first-order valence-corrected chi connectivity index (χ1v) is 13.5. The molecule has 0 spiro atoms. The number of nitrogens with two attached hydrogens (primary N) is 1. The van der Waals surface area contributed by atoms with Crippen LogP contribution >= 0.6 is 19.1 Å². The molecule has 35 heavy (non-hydrogen) atoms. The second-order valence-electron chi connectivity index (χ2n) is 8.44. The molecule has 0 aliphatic heterocycles. The van der Waals surface area contributed by atoms with Crippen LogP contribution in [0.25, 0.3) is 11.2 Å². The van der Waals surface area contributed by atoms with Crippen molar-refractivity contribution >= 4 is 36.2 Å². The van der Waals surface area contributed by atoms with Gasteiger partial charge in [-0.3, -0.25) is 4.57 Å². The minimum absolute atomic E-state index is 0.0148. The fourth-order valence-corrected chi connectivity index (χ4v) is 5.15. The van der Waals surface area contributed by atoms with Crippen molar-refractivity contribution in [3.63, 3.8) is 0 Å². The molecule has 0 bridgehead atoms. The molecule has 14 heteroatoms. The molecule has 3 rings (SSSR count). The Hall–Kier alpha value is -2.34. The number of anilines is 1. The highest BCUT2D eigenvalue weighted by Crippen LogP contribution is 2.46. The molecule has 1 aromatic carbocycles. The molecular formula is C21H27F3N5O4PS. The van der Waals surface area contributed by atoms with Gasteiger partial charge in [0.2, 0.25) is 13.3 Å². The molecule has 2 heterocycles. The average molecular weight is 534 g/mol. The maximum Gasteiger partial charge on any atom is 0.398 e. The number of hydrogen-bond acceptors (Lipinski definition) is 8. The fourth-order valence-electron chi connectivity index (χ4n) is 3.05. The number of nitrogens with zero attached hydrogens (tertiary/aromatic N) is 4. The van der Waals surface area contributed by atoms with Crippen LogP contribution in [0.2, 0.25) is 0 Å². The molecule has 0 fully saturated rings. The summed E-state index contributed by atoms with van der Waals surface area (Å²) in [5, 5.41) is 0.505. The Kier molecular flexibility index (Phi) is 8.68. The number of halogens is 3. The molecule has 0 amide bonds. The SMILES string of the molecule is CC(C)COc1ccccc1Sc1nc(N)nc2c1ncn2CC(C)OCP(=O)(O)CC(F)(F)F. The number of fused-ring (bicyclic) bond motifs is 1. The van der Waals surface area contributed by atoms with Crippen molar-refractivity contribution < 1.29 is 32.1 Å². The van der Waals surface area contributed by atoms with Gasteiger partial charge in [0.25, 0.3) is 0 Å². The van der Waals surface area contributed by atoms with Crippen molar-refractivity contribution in [1.29, 1.82) is 0 Å². The monoisotopic (exact) mass is 533 g/mol. The lowest BCUT2D eigenvalue weighted by Crippen LogP contribution is -2.20. The predicted molar refractivity (Wildman–Crippen MR) is 127 cm³/mol. The zero-order chi connectivity index (χ0) is 25.8. The number of rotatable bonds is 11. The second kappa shape index (κ2) is 11.2. The Labute approximate surface area is 204 Å². The smallest absolute Gasteiger partial charge is 0.398 e. The highest BCUT2D eigenvalue weighted by Gasteiger charge is 2.38. The van der Waals surface area contributed by atoms with E-state index < -0.39 is 32.2 Å². The number of benzene rings is 1. The minimum atomic E-state index is -4.75. The van der Waals surface area contributed by atoms with E-state index in [1.165, 1.54) is 18.1 Å². The molecular weight excluding hydrogens is 506 g/mol. The van der Waals surface area contributed by atoms with Crippen LogP contribution in [0.15, 0.2) is 40.5 Å². The maximum atomic E-state index is 12.5. The van der Waals surface area contributed by atoms with E-state index >= 15 is 0 Å². The van der Waals surface area contributed by atoms with Gasteiger partial charge in [0.15, 0.2) is 5.65 Å². The molecule has 0 radical (unpaired) electrons. The minimum Gasteiger partial charge on any atom is -0.492 e. The quantitative estimate of drug-likeness (QED) is 0.264. The van der Waals surface area contributed by atoms with Crippen LogP contribution in [0.5, 0.6) is 5.75 Å². The molecule has 9 nitrogen and oxygen atoms in total. The maximum absolute atomic E-state index is 12.5. The van der Waals surface area contributed by atoms with E-state index in [0.717, 1.165) is 4.90 Å². The molecule has 3 N–H and O–H groups in total. The second-order valence-corrected chi connectivity index (χ2v) is 11.7. The third-order valence-corrected chi connectivity index (χ3v) is 6.96. The van der Waals surface area contributed by atoms with Crippen LogP contribution in [0.4, 0.5) is 19.1 Å². The van der Waals surface area contributed by atoms with E-state index in [0.29, 0.717) is 34.5 Å². The van der Waals surface area contributed by atoms with Gasteiger partial charge in [0, 0.05) is 0 Å². The van der Waals surface area contributed by atoms with Gasteiger partial charge in [0.05, 0.1) is 30.5 Å². The van der Waals surface area contributed by atoms with Crippen molar-refractivity contribution in [1.82, 2.24) is 19.5 Å². The summed E-state index contributed by atoms with van der Waals surface area (Å²) < 4.78 is 61.9. The van der Waals surface area contributed by atoms with Crippen molar-refractivity contribution in [2.24, 2.45) is 5.92 Å². The van der Waals surface area contributed by atoms with Crippen molar-refractivity contribution in [3.8, 4) is 5.75 Å². The standard InChI is InChI=1S/C21H27F3N5O4PS/c1-13(2)9-32-15-6-4-5-7-16(15)35-19-17-18(27-20(25)28-19)29(11-26-17)8-14(3)33-12-34(30,31)10-21(22,23)24/h4-7,11,13-14H,8-10,12H2,1-3H3,(H,30,31)(H2,25,27,28). The molecule has 2 aromatic heterocycles. The van der Waals surface area contributed by atoms with Gasteiger partial charge < -0.3 is 24.7 Å². The summed E-state index contributed by atoms with van der Waals surface area (Å²) in [6.45, 7) is 6.35. The van der Waals surface area contributed by atoms with Gasteiger partial charge in [0.1, 0.15) is 28.8 Å². The first kappa shape index (κ1) is 27.3. The van der Waals surface area contributed by atoms with Crippen LogP contribution in [0, 0.1) is 5.92 Å². The molecule has 0 saturated carbocycles. The lowest BCUT2D eigenvalue weighted by atomic mass is 10.2. The normalized spacial score (nSPS) is 14.9. The van der Waals surface area contributed by atoms with E-state index in [1.807, 2.05) is 24.3 Å². The van der Waals surface area contributed by atoms with Gasteiger partial charge in [-0.1, -0.05) is 37.7 Å². The summed E-state index contributed by atoms with van der Waals surface area (Å²) in [6.07, 6.45) is -6.67. The fraction of sp³-hybridized carbons (Fsp3) is 0.476. The number of alkyl halides is 3. The summed E-state index contributed by atoms with van der Waals surface area (Å²) in [7, 11) is -4.51. The highest BCUT2D eigenvalue weighted by molar-refractivity contribution is 7.99. The third kappa shape index (κ3) is 8.09. The molecule has 192 valence electrons. The molecule has 2 atom stereocenters. The summed E-state index contributed by atoms with van der Waals surface area (Å²) in [5.74, 6) is 1.06. The Morgan fingerprint density at radius 1 is 1.23 bits per heavy atom. The Balaban J connectivity index is 1.77. The number of hydrogen-bond donors (Lipinski definition) is 2. The number of imidazole rings is 1. The Morgan fingerprint density at radius 2 is 1.94 bits per heavy atom. The number of aromatic nitrogens is 4. The summed E-state index contributed by atoms with van der Waals surface area (Å²) >= 11 is 1.32. The largest absolute Gasteiger partial charge is 0.492 e. The van der Waals surface area contributed by atoms with Crippen LogP contribution in [0.3, 0.4) is 0 Å². The summed E-state index contributed by atoms with van der Waals surface area (Å²) in [5.41, 5.74) is 6.81. The summed E-state index contributed by atoms with van der Waals surface area (Å²) in [6, 6.07) is 7.51. The van der Waals surface area contributed by atoms with Crippen LogP contribution in [0.1, 0.15) is 20.8 Å². The predicted octanol–water partition coefficient (Wildman–Crippen LogP) is 4.79. The van der Waals surface area contributed by atoms with E-state index in [4.69, 9.17) is 15.2 Å². The number of ether oxygens (including phenoxy) is 2. The van der Waals surface area contributed by atoms with Crippen LogP contribution < -0.4 is 10.5 Å². The molecule has 0 saturated heterocycles. The van der Waals surface area contributed by atoms with E-state index in [9.17, 15) is 22.6 Å². The Morgan fingerprint density at radius 3 is 2.63 bits per heavy atom. The Bertz CT molecular complexity index is 1210. The topological polar surface area (TPSA) is 125 Å². The first-order valence-electron chi connectivity index (χ1n) is 10.7. The van der Waals surface area contributed by atoms with Gasteiger partial charge in [-0.2, -0.15) is 18.2 Å². The van der Waals surface area contributed by atoms with Crippen molar-refractivity contribution in [3.05, 3.63) is 30.6 Å². The molecule has 3 aromatic rings. The lowest BCUT2D eigenvalue weighted by molar-refractivity contribution is -0.108. The third-order valence-electron chi connectivity index (χ3n) is 4.52. The van der Waals surface area contributed by atoms with Crippen LogP contribution in [-0.4, -0.2) is 55.8 Å². The number of para-hydroxylation sites is 1. The molecule has 0 aliphatic carbocycles. The van der Waals surface area contributed by atoms with Gasteiger partial charge in [-0.25, -0.2) is 9.97 Å². The van der Waals surface area contributed by atoms with Gasteiger partial charge >= 0.3 is 6.18 Å². The van der Waals surface area contributed by atoms with Gasteiger partial charge in [-0.05, 0) is 25.0 Å². The first-order chi connectivity index (χ1) is 16.3. The molecule has 2 unspecified atom stereocenters.